The highest BCUT2D eigenvalue weighted by Gasteiger charge is 2.28. The summed E-state index contributed by atoms with van der Waals surface area (Å²) in [6, 6.07) is 7.31. The van der Waals surface area contributed by atoms with Gasteiger partial charge in [-0.2, -0.15) is 13.2 Å². The predicted molar refractivity (Wildman–Crippen MR) is 77.3 cm³/mol. The lowest BCUT2D eigenvalue weighted by molar-refractivity contribution is -0.139. The average molecular weight is 318 g/mol. The van der Waals surface area contributed by atoms with E-state index in [1.54, 1.807) is 24.0 Å². The number of aliphatic hydroxyl groups is 1. The third-order valence-electron chi connectivity index (χ3n) is 3.19. The molecule has 22 heavy (non-hydrogen) atoms. The lowest BCUT2D eigenvalue weighted by Gasteiger charge is -2.23. The van der Waals surface area contributed by atoms with Crippen LogP contribution in [0.3, 0.4) is 0 Å². The highest BCUT2D eigenvalue weighted by Crippen LogP contribution is 2.15. The molecule has 4 nitrogen and oxygen atoms in total. The number of carbonyl (C=O) groups excluding carboxylic acids is 1. The summed E-state index contributed by atoms with van der Waals surface area (Å²) in [7, 11) is 0. The molecule has 1 amide bonds. The van der Waals surface area contributed by atoms with Crippen LogP contribution in [0.25, 0.3) is 0 Å². The van der Waals surface area contributed by atoms with Crippen LogP contribution in [0.4, 0.5) is 13.2 Å². The first-order chi connectivity index (χ1) is 10.2. The van der Waals surface area contributed by atoms with E-state index >= 15 is 0 Å². The quantitative estimate of drug-likeness (QED) is 0.809. The van der Waals surface area contributed by atoms with Crippen LogP contribution in [-0.2, 0) is 4.79 Å². The Morgan fingerprint density at radius 3 is 2.41 bits per heavy atom. The normalized spacial score (nSPS) is 13.2. The van der Waals surface area contributed by atoms with Gasteiger partial charge in [0.05, 0.1) is 12.6 Å². The molecule has 0 fully saturated rings. The molecule has 0 saturated carbocycles. The first kappa shape index (κ1) is 18.4. The minimum absolute atomic E-state index is 0.180. The number of hydrogen-bond acceptors (Lipinski definition) is 3. The molecular weight excluding hydrogens is 297 g/mol. The Kier molecular flexibility index (Phi) is 6.83. The molecule has 2 N–H and O–H groups in total. The number of amides is 1. The molecule has 0 radical (unpaired) electrons. The highest BCUT2D eigenvalue weighted by atomic mass is 19.4. The van der Waals surface area contributed by atoms with Crippen molar-refractivity contribution in [3.05, 3.63) is 35.4 Å². The van der Waals surface area contributed by atoms with Gasteiger partial charge in [-0.05, 0) is 19.0 Å². The predicted octanol–water partition coefficient (Wildman–Crippen LogP) is 2.03. The van der Waals surface area contributed by atoms with Gasteiger partial charge in [0.15, 0.2) is 0 Å². The van der Waals surface area contributed by atoms with Crippen LogP contribution in [0.2, 0.25) is 0 Å². The molecule has 0 spiro atoms. The summed E-state index contributed by atoms with van der Waals surface area (Å²) in [5, 5.41) is 12.0. The fourth-order valence-corrected chi connectivity index (χ4v) is 1.90. The molecular formula is C15H21F3N2O2. The molecule has 0 aliphatic carbocycles. The van der Waals surface area contributed by atoms with Crippen LogP contribution in [0, 0.1) is 6.92 Å². The van der Waals surface area contributed by atoms with Gasteiger partial charge in [0.1, 0.15) is 6.54 Å². The summed E-state index contributed by atoms with van der Waals surface area (Å²) in [6.07, 6.45) is -5.22. The van der Waals surface area contributed by atoms with E-state index in [1.165, 1.54) is 0 Å². The monoisotopic (exact) mass is 318 g/mol. The van der Waals surface area contributed by atoms with Gasteiger partial charge in [-0.3, -0.25) is 9.69 Å². The molecule has 0 aliphatic rings. The number of aliphatic hydroxyl groups excluding tert-OH is 1. The third kappa shape index (κ3) is 6.91. The summed E-state index contributed by atoms with van der Waals surface area (Å²) in [6.45, 7) is 2.80. The molecule has 0 saturated heterocycles. The Balaban J connectivity index is 2.50. The Morgan fingerprint density at radius 1 is 1.32 bits per heavy atom. The van der Waals surface area contributed by atoms with E-state index in [1.807, 2.05) is 24.4 Å². The molecule has 1 rings (SSSR count). The number of benzene rings is 1. The summed E-state index contributed by atoms with van der Waals surface area (Å²) in [4.78, 5) is 13.1. The number of nitrogens with zero attached hydrogens (tertiary/aromatic N) is 1. The van der Waals surface area contributed by atoms with E-state index in [0.717, 1.165) is 5.56 Å². The van der Waals surface area contributed by atoms with E-state index in [2.05, 4.69) is 0 Å². The standard InChI is InChI=1S/C15H21F3N2O2/c1-3-20(9-14(22)19-10-15(16,17)18)8-13(21)12-6-4-11(2)5-7-12/h4-7,13,21H,3,8-10H2,1-2H3,(H,19,22). The fraction of sp³-hybridized carbons (Fsp3) is 0.533. The van der Waals surface area contributed by atoms with Crippen molar-refractivity contribution in [1.29, 1.82) is 0 Å². The van der Waals surface area contributed by atoms with Gasteiger partial charge in [0.2, 0.25) is 5.91 Å². The summed E-state index contributed by atoms with van der Waals surface area (Å²) in [5.41, 5.74) is 1.77. The largest absolute Gasteiger partial charge is 0.405 e. The molecule has 124 valence electrons. The van der Waals surface area contributed by atoms with Crippen molar-refractivity contribution in [3.63, 3.8) is 0 Å². The third-order valence-corrected chi connectivity index (χ3v) is 3.19. The SMILES string of the molecule is CCN(CC(=O)NCC(F)(F)F)CC(O)c1ccc(C)cc1. The van der Waals surface area contributed by atoms with Crippen molar-refractivity contribution >= 4 is 5.91 Å². The lowest BCUT2D eigenvalue weighted by Crippen LogP contribution is -2.42. The lowest BCUT2D eigenvalue weighted by atomic mass is 10.1. The average Bonchev–Trinajstić information content (AvgIpc) is 2.44. The van der Waals surface area contributed by atoms with E-state index in [0.29, 0.717) is 12.1 Å². The second-order valence-corrected chi connectivity index (χ2v) is 5.15. The number of carbonyl (C=O) groups is 1. The topological polar surface area (TPSA) is 52.6 Å². The van der Waals surface area contributed by atoms with Crippen LogP contribution < -0.4 is 5.32 Å². The van der Waals surface area contributed by atoms with Gasteiger partial charge in [-0.1, -0.05) is 36.8 Å². The van der Waals surface area contributed by atoms with Gasteiger partial charge in [0.25, 0.3) is 0 Å². The highest BCUT2D eigenvalue weighted by molar-refractivity contribution is 5.78. The molecule has 1 atom stereocenters. The molecule has 1 unspecified atom stereocenters. The molecule has 0 aromatic heterocycles. The zero-order valence-corrected chi connectivity index (χ0v) is 12.7. The van der Waals surface area contributed by atoms with E-state index < -0.39 is 24.7 Å². The first-order valence-electron chi connectivity index (χ1n) is 7.01. The van der Waals surface area contributed by atoms with Crippen molar-refractivity contribution in [2.24, 2.45) is 0 Å². The maximum atomic E-state index is 12.0. The Bertz CT molecular complexity index is 475. The molecule has 1 aromatic rings. The Labute approximate surface area is 127 Å². The Hall–Kier alpha value is -1.60. The van der Waals surface area contributed by atoms with Crippen molar-refractivity contribution in [2.45, 2.75) is 26.1 Å². The van der Waals surface area contributed by atoms with Crippen LogP contribution in [0.1, 0.15) is 24.2 Å². The fourth-order valence-electron chi connectivity index (χ4n) is 1.90. The van der Waals surface area contributed by atoms with Gasteiger partial charge >= 0.3 is 6.18 Å². The van der Waals surface area contributed by atoms with Crippen molar-refractivity contribution in [2.75, 3.05) is 26.2 Å². The van der Waals surface area contributed by atoms with Gasteiger partial charge in [0, 0.05) is 6.54 Å². The van der Waals surface area contributed by atoms with Crippen LogP contribution >= 0.6 is 0 Å². The second kappa shape index (κ2) is 8.14. The minimum atomic E-state index is -4.42. The van der Waals surface area contributed by atoms with Crippen LogP contribution in [-0.4, -0.2) is 48.3 Å². The first-order valence-corrected chi connectivity index (χ1v) is 7.01. The number of rotatable bonds is 7. The van der Waals surface area contributed by atoms with Gasteiger partial charge in [-0.15, -0.1) is 0 Å². The Morgan fingerprint density at radius 2 is 1.91 bits per heavy atom. The van der Waals surface area contributed by atoms with E-state index in [4.69, 9.17) is 0 Å². The number of nitrogens with one attached hydrogen (secondary N) is 1. The number of halogens is 3. The zero-order chi connectivity index (χ0) is 16.8. The number of alkyl halides is 3. The number of hydrogen-bond donors (Lipinski definition) is 2. The van der Waals surface area contributed by atoms with Crippen LogP contribution in [0.15, 0.2) is 24.3 Å². The summed E-state index contributed by atoms with van der Waals surface area (Å²) in [5.74, 6) is -0.713. The maximum Gasteiger partial charge on any atom is 0.405 e. The second-order valence-electron chi connectivity index (χ2n) is 5.15. The van der Waals surface area contributed by atoms with Gasteiger partial charge in [-0.25, -0.2) is 0 Å². The van der Waals surface area contributed by atoms with E-state index in [9.17, 15) is 23.1 Å². The maximum absolute atomic E-state index is 12.0. The number of likely N-dealkylation sites (N-methyl/N-ethyl adjacent to an activating group) is 1. The zero-order valence-electron chi connectivity index (χ0n) is 12.7. The minimum Gasteiger partial charge on any atom is -0.387 e. The van der Waals surface area contributed by atoms with Gasteiger partial charge < -0.3 is 10.4 Å². The van der Waals surface area contributed by atoms with Crippen LogP contribution in [0.5, 0.6) is 0 Å². The van der Waals surface area contributed by atoms with E-state index in [-0.39, 0.29) is 13.1 Å². The van der Waals surface area contributed by atoms with Crippen molar-refractivity contribution in [3.8, 4) is 0 Å². The molecule has 0 bridgehead atoms. The molecule has 0 heterocycles. The summed E-state index contributed by atoms with van der Waals surface area (Å²) < 4.78 is 36.1. The molecule has 0 aliphatic heterocycles. The van der Waals surface area contributed by atoms with Crippen molar-refractivity contribution in [1.82, 2.24) is 10.2 Å². The van der Waals surface area contributed by atoms with Crippen molar-refractivity contribution < 1.29 is 23.1 Å². The summed E-state index contributed by atoms with van der Waals surface area (Å²) >= 11 is 0. The number of aryl methyl sites for hydroxylation is 1. The molecule has 1 aromatic carbocycles. The molecule has 7 heteroatoms. The smallest absolute Gasteiger partial charge is 0.387 e.